The summed E-state index contributed by atoms with van der Waals surface area (Å²) in [6, 6.07) is 2.38. The van der Waals surface area contributed by atoms with Crippen molar-refractivity contribution in [3.63, 3.8) is 0 Å². The molecule has 0 amide bonds. The highest BCUT2D eigenvalue weighted by Crippen LogP contribution is 2.36. The quantitative estimate of drug-likeness (QED) is 0.910. The summed E-state index contributed by atoms with van der Waals surface area (Å²) in [7, 11) is 1.37. The van der Waals surface area contributed by atoms with Gasteiger partial charge in [0.25, 0.3) is 0 Å². The lowest BCUT2D eigenvalue weighted by Crippen LogP contribution is -2.22. The minimum absolute atomic E-state index is 0.000678. The van der Waals surface area contributed by atoms with E-state index in [4.69, 9.17) is 9.84 Å². The van der Waals surface area contributed by atoms with E-state index in [9.17, 15) is 8.78 Å². The average Bonchev–Trinajstić information content (AvgIpc) is 2.70. The smallest absolute Gasteiger partial charge is 0.133 e. The molecule has 1 unspecified atom stereocenters. The molecule has 1 aromatic rings. The molecule has 1 atom stereocenters. The van der Waals surface area contributed by atoms with E-state index in [0.29, 0.717) is 19.5 Å². The van der Waals surface area contributed by atoms with Gasteiger partial charge < -0.3 is 14.7 Å². The Balaban J connectivity index is 2.26. The summed E-state index contributed by atoms with van der Waals surface area (Å²) in [5.74, 6) is -1.30. The van der Waals surface area contributed by atoms with Crippen molar-refractivity contribution in [1.82, 2.24) is 4.90 Å². The van der Waals surface area contributed by atoms with Crippen LogP contribution < -0.4 is 4.74 Å². The second-order valence-electron chi connectivity index (χ2n) is 4.64. The van der Waals surface area contributed by atoms with Gasteiger partial charge in [0.2, 0.25) is 0 Å². The fourth-order valence-corrected chi connectivity index (χ4v) is 2.51. The van der Waals surface area contributed by atoms with Crippen LogP contribution in [-0.2, 0) is 0 Å². The molecule has 1 heterocycles. The molecule has 1 fully saturated rings. The molecule has 0 aliphatic carbocycles. The molecule has 1 aromatic carbocycles. The highest BCUT2D eigenvalue weighted by Gasteiger charge is 2.30. The number of aliphatic hydroxyl groups excluding tert-OH is 1. The van der Waals surface area contributed by atoms with Crippen molar-refractivity contribution >= 4 is 0 Å². The van der Waals surface area contributed by atoms with Gasteiger partial charge in [0.15, 0.2) is 0 Å². The molecule has 1 aliphatic heterocycles. The minimum atomic E-state index is -0.597. The second kappa shape index (κ2) is 5.57. The Bertz CT molecular complexity index is 467. The van der Waals surface area contributed by atoms with Gasteiger partial charge in [0.1, 0.15) is 17.4 Å². The van der Waals surface area contributed by atoms with Gasteiger partial charge in [-0.15, -0.1) is 0 Å². The van der Waals surface area contributed by atoms with Crippen molar-refractivity contribution < 1.29 is 18.6 Å². The first kappa shape index (κ1) is 13.8. The number of β-amino-alcohol motifs (C(OH)–C–C–N with tert-alkyl or cyclic N) is 1. The first-order chi connectivity index (χ1) is 9.06. The van der Waals surface area contributed by atoms with E-state index < -0.39 is 11.6 Å². The number of benzene rings is 1. The maximum atomic E-state index is 14.0. The van der Waals surface area contributed by atoms with Crippen molar-refractivity contribution in [2.75, 3.05) is 26.8 Å². The molecule has 0 saturated carbocycles. The Hall–Kier alpha value is -1.62. The van der Waals surface area contributed by atoms with Crippen LogP contribution in [0.25, 0.3) is 0 Å². The van der Waals surface area contributed by atoms with Crippen molar-refractivity contribution in [2.45, 2.75) is 12.3 Å². The fraction of sp³-hybridized carbons (Fsp3) is 0.429. The zero-order chi connectivity index (χ0) is 14.0. The second-order valence-corrected chi connectivity index (χ2v) is 4.64. The van der Waals surface area contributed by atoms with E-state index in [1.807, 2.05) is 4.90 Å². The van der Waals surface area contributed by atoms with Crippen LogP contribution in [0.4, 0.5) is 8.78 Å². The molecule has 0 aromatic heterocycles. The minimum Gasteiger partial charge on any atom is -0.497 e. The highest BCUT2D eigenvalue weighted by molar-refractivity contribution is 5.34. The Morgan fingerprint density at radius 1 is 1.42 bits per heavy atom. The largest absolute Gasteiger partial charge is 0.497 e. The van der Waals surface area contributed by atoms with Gasteiger partial charge in [0.05, 0.1) is 13.7 Å². The maximum Gasteiger partial charge on any atom is 0.133 e. The molecular formula is C14H17F2NO2. The molecule has 5 heteroatoms. The van der Waals surface area contributed by atoms with Gasteiger partial charge in [0, 0.05) is 42.4 Å². The predicted octanol–water partition coefficient (Wildman–Crippen LogP) is 2.27. The standard InChI is InChI=1S/C14H17F2NO2/c1-9-5-10(8-17(9)3-4-18)14-12(15)6-11(19-2)7-13(14)16/h6-7,10,18H,1,3-5,8H2,2H3. The number of hydrogen-bond acceptors (Lipinski definition) is 3. The van der Waals surface area contributed by atoms with Crippen LogP contribution in [0.15, 0.2) is 24.4 Å². The van der Waals surface area contributed by atoms with E-state index in [1.54, 1.807) is 0 Å². The first-order valence-corrected chi connectivity index (χ1v) is 6.13. The van der Waals surface area contributed by atoms with E-state index >= 15 is 0 Å². The van der Waals surface area contributed by atoms with Crippen molar-refractivity contribution in [3.8, 4) is 5.75 Å². The van der Waals surface area contributed by atoms with E-state index in [1.165, 1.54) is 19.2 Å². The molecule has 0 spiro atoms. The van der Waals surface area contributed by atoms with Gasteiger partial charge >= 0.3 is 0 Å². The van der Waals surface area contributed by atoms with E-state index in [2.05, 4.69) is 6.58 Å². The molecule has 104 valence electrons. The molecule has 0 radical (unpaired) electrons. The summed E-state index contributed by atoms with van der Waals surface area (Å²) < 4.78 is 32.8. The molecule has 2 rings (SSSR count). The third kappa shape index (κ3) is 2.71. The van der Waals surface area contributed by atoms with Crippen LogP contribution in [-0.4, -0.2) is 36.8 Å². The van der Waals surface area contributed by atoms with Gasteiger partial charge in [-0.1, -0.05) is 6.58 Å². The predicted molar refractivity (Wildman–Crippen MR) is 68.1 cm³/mol. The molecular weight excluding hydrogens is 252 g/mol. The number of hydrogen-bond donors (Lipinski definition) is 1. The number of allylic oxidation sites excluding steroid dienone is 1. The van der Waals surface area contributed by atoms with Crippen LogP contribution in [0.5, 0.6) is 5.75 Å². The summed E-state index contributed by atoms with van der Waals surface area (Å²) >= 11 is 0. The monoisotopic (exact) mass is 269 g/mol. The Morgan fingerprint density at radius 2 is 2.05 bits per heavy atom. The van der Waals surface area contributed by atoms with E-state index in [0.717, 1.165) is 5.70 Å². The normalized spacial score (nSPS) is 19.1. The molecule has 0 bridgehead atoms. The fourth-order valence-electron chi connectivity index (χ4n) is 2.51. The Kier molecular flexibility index (Phi) is 4.04. The summed E-state index contributed by atoms with van der Waals surface area (Å²) in [5.41, 5.74) is 0.871. The zero-order valence-electron chi connectivity index (χ0n) is 10.8. The lowest BCUT2D eigenvalue weighted by atomic mass is 9.96. The van der Waals surface area contributed by atoms with Crippen LogP contribution in [0.3, 0.4) is 0 Å². The van der Waals surface area contributed by atoms with Gasteiger partial charge in [-0.05, 0) is 6.42 Å². The van der Waals surface area contributed by atoms with Gasteiger partial charge in [-0.2, -0.15) is 0 Å². The third-order valence-corrected chi connectivity index (χ3v) is 3.44. The SMILES string of the molecule is C=C1CC(c2c(F)cc(OC)cc2F)CN1CCO. The maximum absolute atomic E-state index is 14.0. The lowest BCUT2D eigenvalue weighted by Gasteiger charge is -2.18. The van der Waals surface area contributed by atoms with Crippen LogP contribution >= 0.6 is 0 Å². The highest BCUT2D eigenvalue weighted by atomic mass is 19.1. The van der Waals surface area contributed by atoms with Crippen molar-refractivity contribution in [3.05, 3.63) is 41.6 Å². The number of likely N-dealkylation sites (tertiary alicyclic amines) is 1. The van der Waals surface area contributed by atoms with Crippen LogP contribution in [0, 0.1) is 11.6 Å². The topological polar surface area (TPSA) is 32.7 Å². The lowest BCUT2D eigenvalue weighted by molar-refractivity contribution is 0.238. The van der Waals surface area contributed by atoms with Crippen molar-refractivity contribution in [2.24, 2.45) is 0 Å². The number of nitrogens with zero attached hydrogens (tertiary/aromatic N) is 1. The third-order valence-electron chi connectivity index (χ3n) is 3.44. The molecule has 3 nitrogen and oxygen atoms in total. The summed E-state index contributed by atoms with van der Waals surface area (Å²) in [4.78, 5) is 1.85. The zero-order valence-corrected chi connectivity index (χ0v) is 10.8. The van der Waals surface area contributed by atoms with E-state index in [-0.39, 0.29) is 23.8 Å². The summed E-state index contributed by atoms with van der Waals surface area (Å²) in [6.45, 7) is 4.78. The number of methoxy groups -OCH3 is 1. The molecule has 1 aliphatic rings. The van der Waals surface area contributed by atoms with Gasteiger partial charge in [-0.3, -0.25) is 0 Å². The summed E-state index contributed by atoms with van der Waals surface area (Å²) in [5, 5.41) is 8.93. The first-order valence-electron chi connectivity index (χ1n) is 6.13. The van der Waals surface area contributed by atoms with Crippen molar-refractivity contribution in [1.29, 1.82) is 0 Å². The van der Waals surface area contributed by atoms with Crippen LogP contribution in [0.1, 0.15) is 17.9 Å². The van der Waals surface area contributed by atoms with Crippen LogP contribution in [0.2, 0.25) is 0 Å². The Labute approximate surface area is 111 Å². The molecule has 1 saturated heterocycles. The Morgan fingerprint density at radius 3 is 2.58 bits per heavy atom. The number of halogens is 2. The average molecular weight is 269 g/mol. The summed E-state index contributed by atoms with van der Waals surface area (Å²) in [6.07, 6.45) is 0.500. The molecule has 1 N–H and O–H groups in total. The number of rotatable bonds is 4. The molecule has 19 heavy (non-hydrogen) atoms. The van der Waals surface area contributed by atoms with Gasteiger partial charge in [-0.25, -0.2) is 8.78 Å². The number of ether oxygens (including phenoxy) is 1. The number of aliphatic hydroxyl groups is 1.